The number of carbonyl (C=O) groups excluding carboxylic acids is 1. The van der Waals surface area contributed by atoms with Crippen molar-refractivity contribution in [1.29, 1.82) is 0 Å². The molecule has 0 aliphatic carbocycles. The fourth-order valence-electron chi connectivity index (χ4n) is 1.25. The Hall–Kier alpha value is -1.11. The second-order valence-corrected chi connectivity index (χ2v) is 3.71. The Morgan fingerprint density at radius 3 is 2.71 bits per heavy atom. The fourth-order valence-corrected chi connectivity index (χ4v) is 1.64. The van der Waals surface area contributed by atoms with Crippen LogP contribution in [0.2, 0.25) is 0 Å². The van der Waals surface area contributed by atoms with Crippen LogP contribution in [0.5, 0.6) is 0 Å². The van der Waals surface area contributed by atoms with Crippen LogP contribution in [0.25, 0.3) is 0 Å². The summed E-state index contributed by atoms with van der Waals surface area (Å²) in [5.41, 5.74) is -1.12. The van der Waals surface area contributed by atoms with E-state index in [9.17, 15) is 18.0 Å². The molecule has 0 unspecified atom stereocenters. The third-order valence-corrected chi connectivity index (χ3v) is 2.71. The topological polar surface area (TPSA) is 39.2 Å². The number of hydrogen-bond acceptors (Lipinski definition) is 3. The normalized spacial score (nSPS) is 10.7. The molecule has 0 N–H and O–H groups in total. The zero-order valence-electron chi connectivity index (χ0n) is 8.84. The Labute approximate surface area is 104 Å². The summed E-state index contributed by atoms with van der Waals surface area (Å²) in [4.78, 5) is 14.7. The van der Waals surface area contributed by atoms with Crippen LogP contribution in [0.1, 0.15) is 23.2 Å². The van der Waals surface area contributed by atoms with Gasteiger partial charge in [-0.3, -0.25) is 9.78 Å². The fraction of sp³-hybridized carbons (Fsp3) is 0.400. The Balaban J connectivity index is 3.21. The highest BCUT2D eigenvalue weighted by Gasteiger charge is 2.23. The number of hydrogen-bond donors (Lipinski definition) is 0. The minimum atomic E-state index is -3.03. The second-order valence-electron chi connectivity index (χ2n) is 3.15. The first-order valence-corrected chi connectivity index (χ1v) is 5.70. The Morgan fingerprint density at radius 1 is 1.59 bits per heavy atom. The Kier molecular flexibility index (Phi) is 4.92. The number of rotatable bonds is 4. The van der Waals surface area contributed by atoms with Crippen LogP contribution in [-0.4, -0.2) is 18.1 Å². The number of methoxy groups -OCH3 is 1. The van der Waals surface area contributed by atoms with E-state index < -0.39 is 30.2 Å². The molecule has 0 bridgehead atoms. The van der Waals surface area contributed by atoms with E-state index in [1.54, 1.807) is 0 Å². The third-order valence-electron chi connectivity index (χ3n) is 2.11. The number of alkyl halides is 3. The van der Waals surface area contributed by atoms with Gasteiger partial charge in [0.05, 0.1) is 24.8 Å². The summed E-state index contributed by atoms with van der Waals surface area (Å²) < 4.78 is 43.4. The number of halogens is 4. The molecule has 0 fully saturated rings. The predicted molar refractivity (Wildman–Crippen MR) is 57.5 cm³/mol. The van der Waals surface area contributed by atoms with Gasteiger partial charge >= 0.3 is 5.97 Å². The average Bonchev–Trinajstić information content (AvgIpc) is 2.28. The Bertz CT molecular complexity index is 426. The molecule has 0 aliphatic heterocycles. The van der Waals surface area contributed by atoms with E-state index in [1.807, 2.05) is 0 Å². The first-order valence-electron chi connectivity index (χ1n) is 4.58. The van der Waals surface area contributed by atoms with E-state index in [1.165, 1.54) is 0 Å². The van der Waals surface area contributed by atoms with Gasteiger partial charge < -0.3 is 4.74 Å². The zero-order valence-corrected chi connectivity index (χ0v) is 10.4. The number of pyridine rings is 1. The zero-order chi connectivity index (χ0) is 13.0. The van der Waals surface area contributed by atoms with Crippen LogP contribution in [0.3, 0.4) is 0 Å². The summed E-state index contributed by atoms with van der Waals surface area (Å²) in [6.45, 7) is 0. The highest BCUT2D eigenvalue weighted by Crippen LogP contribution is 2.28. The molecule has 0 atom stereocenters. The molecule has 3 nitrogen and oxygen atoms in total. The molecular weight excluding hydrogens is 303 g/mol. The lowest BCUT2D eigenvalue weighted by Gasteiger charge is -2.10. The molecule has 1 aromatic rings. The van der Waals surface area contributed by atoms with Gasteiger partial charge in [-0.25, -0.2) is 13.2 Å². The molecule has 1 heterocycles. The van der Waals surface area contributed by atoms with Crippen molar-refractivity contribution in [2.45, 2.75) is 18.2 Å². The molecule has 0 saturated heterocycles. The van der Waals surface area contributed by atoms with Gasteiger partial charge in [0, 0.05) is 17.1 Å². The first-order chi connectivity index (χ1) is 8.01. The number of ether oxygens (including phenoxy) is 1. The molecule has 0 spiro atoms. The minimum absolute atomic E-state index is 0.0221. The smallest absolute Gasteiger partial charge is 0.311 e. The van der Waals surface area contributed by atoms with Crippen LogP contribution in [0, 0.1) is 5.82 Å². The van der Waals surface area contributed by atoms with E-state index in [0.29, 0.717) is 0 Å². The lowest BCUT2D eigenvalue weighted by molar-refractivity contribution is -0.139. The van der Waals surface area contributed by atoms with Crippen LogP contribution < -0.4 is 0 Å². The van der Waals surface area contributed by atoms with Gasteiger partial charge in [0.2, 0.25) is 0 Å². The SMILES string of the molecule is COC(=O)Cc1ncc(CBr)c(F)c1C(F)F. The van der Waals surface area contributed by atoms with E-state index in [2.05, 4.69) is 25.7 Å². The molecule has 17 heavy (non-hydrogen) atoms. The van der Waals surface area contributed by atoms with Gasteiger partial charge in [-0.2, -0.15) is 0 Å². The monoisotopic (exact) mass is 311 g/mol. The van der Waals surface area contributed by atoms with E-state index in [0.717, 1.165) is 13.3 Å². The molecule has 7 heteroatoms. The van der Waals surface area contributed by atoms with Gasteiger partial charge in [-0.15, -0.1) is 0 Å². The predicted octanol–water partition coefficient (Wildman–Crippen LogP) is 2.77. The van der Waals surface area contributed by atoms with Gasteiger partial charge in [0.25, 0.3) is 6.43 Å². The number of aromatic nitrogens is 1. The maximum atomic E-state index is 13.6. The minimum Gasteiger partial charge on any atom is -0.469 e. The molecule has 0 saturated carbocycles. The summed E-state index contributed by atoms with van der Waals surface area (Å²) in [7, 11) is 1.12. The molecule has 0 aliphatic rings. The quantitative estimate of drug-likeness (QED) is 0.634. The van der Waals surface area contributed by atoms with Gasteiger partial charge in [0.15, 0.2) is 0 Å². The van der Waals surface area contributed by atoms with Crippen molar-refractivity contribution in [3.05, 3.63) is 28.8 Å². The van der Waals surface area contributed by atoms with Crippen molar-refractivity contribution in [1.82, 2.24) is 4.98 Å². The summed E-state index contributed by atoms with van der Waals surface area (Å²) in [6, 6.07) is 0. The molecule has 0 aromatic carbocycles. The van der Waals surface area contributed by atoms with Crippen molar-refractivity contribution >= 4 is 21.9 Å². The number of carbonyl (C=O) groups is 1. The van der Waals surface area contributed by atoms with Gasteiger partial charge in [-0.1, -0.05) is 15.9 Å². The van der Waals surface area contributed by atoms with Crippen molar-refractivity contribution in [3.8, 4) is 0 Å². The highest BCUT2D eigenvalue weighted by molar-refractivity contribution is 9.08. The molecule has 0 amide bonds. The van der Waals surface area contributed by atoms with E-state index >= 15 is 0 Å². The third kappa shape index (κ3) is 3.18. The number of nitrogens with zero attached hydrogens (tertiary/aromatic N) is 1. The van der Waals surface area contributed by atoms with Crippen molar-refractivity contribution in [3.63, 3.8) is 0 Å². The lowest BCUT2D eigenvalue weighted by atomic mass is 10.1. The Morgan fingerprint density at radius 2 is 2.24 bits per heavy atom. The standard InChI is InChI=1S/C10H9BrF3NO2/c1-17-7(16)2-6-8(10(13)14)9(12)5(3-11)4-15-6/h4,10H,2-3H2,1H3. The van der Waals surface area contributed by atoms with Crippen LogP contribution in [-0.2, 0) is 21.3 Å². The highest BCUT2D eigenvalue weighted by atomic mass is 79.9. The van der Waals surface area contributed by atoms with Crippen molar-refractivity contribution in [2.75, 3.05) is 7.11 Å². The van der Waals surface area contributed by atoms with Crippen LogP contribution in [0.15, 0.2) is 6.20 Å². The molecule has 1 rings (SSSR count). The largest absolute Gasteiger partial charge is 0.469 e. The van der Waals surface area contributed by atoms with Crippen LogP contribution >= 0.6 is 15.9 Å². The molecule has 94 valence electrons. The number of esters is 1. The van der Waals surface area contributed by atoms with E-state index in [-0.39, 0.29) is 16.6 Å². The van der Waals surface area contributed by atoms with Crippen molar-refractivity contribution in [2.24, 2.45) is 0 Å². The lowest BCUT2D eigenvalue weighted by Crippen LogP contribution is -2.12. The average molecular weight is 312 g/mol. The van der Waals surface area contributed by atoms with Gasteiger partial charge in [-0.05, 0) is 0 Å². The first kappa shape index (κ1) is 14.0. The molecule has 0 radical (unpaired) electrons. The van der Waals surface area contributed by atoms with Gasteiger partial charge in [0.1, 0.15) is 5.82 Å². The maximum absolute atomic E-state index is 13.6. The van der Waals surface area contributed by atoms with E-state index in [4.69, 9.17) is 0 Å². The summed E-state index contributed by atoms with van der Waals surface area (Å²) in [5, 5.41) is 0.0735. The molecular formula is C10H9BrF3NO2. The second kappa shape index (κ2) is 6.00. The maximum Gasteiger partial charge on any atom is 0.311 e. The summed E-state index contributed by atoms with van der Waals surface area (Å²) in [5.74, 6) is -1.78. The summed E-state index contributed by atoms with van der Waals surface area (Å²) >= 11 is 2.96. The molecule has 1 aromatic heterocycles. The van der Waals surface area contributed by atoms with Crippen LogP contribution in [0.4, 0.5) is 13.2 Å². The summed E-state index contributed by atoms with van der Waals surface area (Å²) in [6.07, 6.45) is -2.38. The van der Waals surface area contributed by atoms with Crippen molar-refractivity contribution < 1.29 is 22.7 Å².